The molecule has 0 fully saturated rings. The Morgan fingerprint density at radius 2 is 1.95 bits per heavy atom. The number of aryl methyl sites for hydroxylation is 1. The van der Waals surface area contributed by atoms with Crippen LogP contribution in [0.15, 0.2) is 6.20 Å². The summed E-state index contributed by atoms with van der Waals surface area (Å²) in [5, 5.41) is 12.0. The van der Waals surface area contributed by atoms with Crippen molar-refractivity contribution in [1.29, 1.82) is 0 Å². The maximum atomic E-state index is 6.09. The van der Waals surface area contributed by atoms with Gasteiger partial charge in [-0.15, -0.1) is 5.10 Å². The first-order valence-corrected chi connectivity index (χ1v) is 8.19. The van der Waals surface area contributed by atoms with Gasteiger partial charge in [-0.05, 0) is 31.7 Å². The molecule has 0 bridgehead atoms. The van der Waals surface area contributed by atoms with Crippen LogP contribution >= 0.6 is 0 Å². The molecule has 0 aliphatic carbocycles. The Balaban J connectivity index is 3.09. The molecular weight excluding hydrogens is 264 g/mol. The summed E-state index contributed by atoms with van der Waals surface area (Å²) < 4.78 is 8.10. The van der Waals surface area contributed by atoms with E-state index in [0.717, 1.165) is 31.6 Å². The third kappa shape index (κ3) is 5.08. The Labute approximate surface area is 129 Å². The standard InChI is InChI=1S/C16H32N4O/c1-7-10-17-14(15(21-9-3)16(4,5)6)13-12-18-19-20(13)11-8-2/h12,14-15,17H,7-11H2,1-6H3. The first-order valence-electron chi connectivity index (χ1n) is 8.19. The number of nitrogens with zero attached hydrogens (tertiary/aromatic N) is 3. The lowest BCUT2D eigenvalue weighted by Gasteiger charge is -2.37. The molecule has 5 heteroatoms. The largest absolute Gasteiger partial charge is 0.376 e. The lowest BCUT2D eigenvalue weighted by Crippen LogP contribution is -2.43. The van der Waals surface area contributed by atoms with E-state index in [1.165, 1.54) is 0 Å². The van der Waals surface area contributed by atoms with Gasteiger partial charge in [-0.1, -0.05) is 39.8 Å². The van der Waals surface area contributed by atoms with Crippen LogP contribution in [0.2, 0.25) is 0 Å². The monoisotopic (exact) mass is 296 g/mol. The molecule has 0 saturated carbocycles. The summed E-state index contributed by atoms with van der Waals surface area (Å²) in [6, 6.07) is 0.117. The highest BCUT2D eigenvalue weighted by Crippen LogP contribution is 2.32. The molecule has 1 rings (SSSR count). The maximum Gasteiger partial charge on any atom is 0.0833 e. The van der Waals surface area contributed by atoms with Gasteiger partial charge in [0.1, 0.15) is 0 Å². The van der Waals surface area contributed by atoms with Crippen LogP contribution in [0.3, 0.4) is 0 Å². The fourth-order valence-corrected chi connectivity index (χ4v) is 2.58. The molecule has 1 aromatic heterocycles. The predicted octanol–water partition coefficient (Wildman–Crippen LogP) is 3.18. The van der Waals surface area contributed by atoms with Gasteiger partial charge in [0.15, 0.2) is 0 Å². The summed E-state index contributed by atoms with van der Waals surface area (Å²) in [4.78, 5) is 0. The van der Waals surface area contributed by atoms with Gasteiger partial charge in [0.05, 0.1) is 24.0 Å². The van der Waals surface area contributed by atoms with Crippen LogP contribution in [0.5, 0.6) is 0 Å². The van der Waals surface area contributed by atoms with Crippen molar-refractivity contribution in [2.75, 3.05) is 13.2 Å². The molecule has 1 heterocycles. The Bertz CT molecular complexity index is 397. The third-order valence-corrected chi connectivity index (χ3v) is 3.52. The second kappa shape index (κ2) is 8.49. The van der Waals surface area contributed by atoms with E-state index in [0.29, 0.717) is 6.61 Å². The molecular formula is C16H32N4O. The van der Waals surface area contributed by atoms with Crippen LogP contribution in [-0.4, -0.2) is 34.2 Å². The zero-order valence-corrected chi connectivity index (χ0v) is 14.5. The lowest BCUT2D eigenvalue weighted by atomic mass is 9.83. The Kier molecular flexibility index (Phi) is 7.32. The van der Waals surface area contributed by atoms with Crippen molar-refractivity contribution in [3.05, 3.63) is 11.9 Å². The SMILES string of the molecule is CCCNC(c1cnnn1CCC)C(OCC)C(C)(C)C. The van der Waals surface area contributed by atoms with E-state index >= 15 is 0 Å². The third-order valence-electron chi connectivity index (χ3n) is 3.52. The smallest absolute Gasteiger partial charge is 0.0833 e. The lowest BCUT2D eigenvalue weighted by molar-refractivity contribution is -0.0383. The molecule has 0 saturated heterocycles. The van der Waals surface area contributed by atoms with E-state index in [1.54, 1.807) is 0 Å². The van der Waals surface area contributed by atoms with Crippen molar-refractivity contribution in [1.82, 2.24) is 20.3 Å². The zero-order valence-electron chi connectivity index (χ0n) is 14.5. The van der Waals surface area contributed by atoms with Gasteiger partial charge in [-0.2, -0.15) is 0 Å². The molecule has 0 aliphatic rings. The maximum absolute atomic E-state index is 6.09. The molecule has 122 valence electrons. The summed E-state index contributed by atoms with van der Waals surface area (Å²) in [6.45, 7) is 15.6. The minimum atomic E-state index is 0.0444. The van der Waals surface area contributed by atoms with E-state index < -0.39 is 0 Å². The molecule has 5 nitrogen and oxygen atoms in total. The normalized spacial score (nSPS) is 15.1. The van der Waals surface area contributed by atoms with E-state index in [4.69, 9.17) is 4.74 Å². The molecule has 0 spiro atoms. The molecule has 0 aromatic carbocycles. The molecule has 2 atom stereocenters. The summed E-state index contributed by atoms with van der Waals surface area (Å²) >= 11 is 0. The highest BCUT2D eigenvalue weighted by molar-refractivity contribution is 5.07. The fraction of sp³-hybridized carbons (Fsp3) is 0.875. The minimum absolute atomic E-state index is 0.0444. The highest BCUT2D eigenvalue weighted by Gasteiger charge is 2.35. The highest BCUT2D eigenvalue weighted by atomic mass is 16.5. The topological polar surface area (TPSA) is 52.0 Å². The van der Waals surface area contributed by atoms with Gasteiger partial charge in [0.25, 0.3) is 0 Å². The van der Waals surface area contributed by atoms with Gasteiger partial charge < -0.3 is 10.1 Å². The van der Waals surface area contributed by atoms with Crippen molar-refractivity contribution in [3.63, 3.8) is 0 Å². The number of rotatable bonds is 9. The van der Waals surface area contributed by atoms with Crippen molar-refractivity contribution in [2.24, 2.45) is 5.41 Å². The summed E-state index contributed by atoms with van der Waals surface area (Å²) in [5.74, 6) is 0. The van der Waals surface area contributed by atoms with Gasteiger partial charge in [-0.3, -0.25) is 0 Å². The van der Waals surface area contributed by atoms with Crippen molar-refractivity contribution >= 4 is 0 Å². The average Bonchev–Trinajstić information content (AvgIpc) is 2.85. The first-order chi connectivity index (χ1) is 9.95. The number of hydrogen-bond acceptors (Lipinski definition) is 4. The van der Waals surface area contributed by atoms with E-state index in [-0.39, 0.29) is 17.6 Å². The Morgan fingerprint density at radius 1 is 1.24 bits per heavy atom. The molecule has 0 aliphatic heterocycles. The number of hydrogen-bond donors (Lipinski definition) is 1. The average molecular weight is 296 g/mol. The van der Waals surface area contributed by atoms with E-state index in [1.807, 2.05) is 10.9 Å². The van der Waals surface area contributed by atoms with Crippen molar-refractivity contribution in [2.45, 2.75) is 73.1 Å². The van der Waals surface area contributed by atoms with Crippen molar-refractivity contribution < 1.29 is 4.74 Å². The zero-order chi connectivity index (χ0) is 15.9. The van der Waals surface area contributed by atoms with Crippen LogP contribution in [-0.2, 0) is 11.3 Å². The summed E-state index contributed by atoms with van der Waals surface area (Å²) in [5.41, 5.74) is 1.17. The van der Waals surface area contributed by atoms with Gasteiger partial charge >= 0.3 is 0 Å². The first kappa shape index (κ1) is 18.1. The Hall–Kier alpha value is -0.940. The number of aromatic nitrogens is 3. The molecule has 21 heavy (non-hydrogen) atoms. The molecule has 1 N–H and O–H groups in total. The number of nitrogens with one attached hydrogen (secondary N) is 1. The molecule has 0 amide bonds. The van der Waals surface area contributed by atoms with Gasteiger partial charge in [-0.25, -0.2) is 4.68 Å². The van der Waals surface area contributed by atoms with Gasteiger partial charge in [0.2, 0.25) is 0 Å². The predicted molar refractivity (Wildman–Crippen MR) is 86.2 cm³/mol. The molecule has 1 aromatic rings. The summed E-state index contributed by atoms with van der Waals surface area (Å²) in [7, 11) is 0. The molecule has 2 unspecified atom stereocenters. The van der Waals surface area contributed by atoms with Crippen LogP contribution in [0, 0.1) is 5.41 Å². The second-order valence-corrected chi connectivity index (χ2v) is 6.56. The van der Waals surface area contributed by atoms with Crippen LogP contribution in [0.25, 0.3) is 0 Å². The Morgan fingerprint density at radius 3 is 2.48 bits per heavy atom. The van der Waals surface area contributed by atoms with E-state index in [9.17, 15) is 0 Å². The van der Waals surface area contributed by atoms with Crippen LogP contribution in [0.1, 0.15) is 66.1 Å². The van der Waals surface area contributed by atoms with Crippen LogP contribution in [0.4, 0.5) is 0 Å². The number of ether oxygens (including phenoxy) is 1. The van der Waals surface area contributed by atoms with Gasteiger partial charge in [0, 0.05) is 13.2 Å². The van der Waals surface area contributed by atoms with Crippen LogP contribution < -0.4 is 5.32 Å². The summed E-state index contributed by atoms with van der Waals surface area (Å²) in [6.07, 6.45) is 4.10. The minimum Gasteiger partial charge on any atom is -0.376 e. The van der Waals surface area contributed by atoms with Crippen molar-refractivity contribution in [3.8, 4) is 0 Å². The molecule has 0 radical (unpaired) electrons. The second-order valence-electron chi connectivity index (χ2n) is 6.56. The van der Waals surface area contributed by atoms with E-state index in [2.05, 4.69) is 57.2 Å². The quantitative estimate of drug-likeness (QED) is 0.760. The fourth-order valence-electron chi connectivity index (χ4n) is 2.58.